The Labute approximate surface area is 216 Å². The monoisotopic (exact) mass is 470 g/mol. The number of fused-ring (bicyclic) bond motifs is 6. The smallest absolute Gasteiger partial charge is 0.358 e. The van der Waals surface area contributed by atoms with Gasteiger partial charge in [-0.25, -0.2) is 0 Å². The second kappa shape index (κ2) is 8.49. The lowest BCUT2D eigenvalue weighted by Gasteiger charge is -2.30. The van der Waals surface area contributed by atoms with Crippen molar-refractivity contribution in [2.75, 3.05) is 0 Å². The first-order valence-electron chi connectivity index (χ1n) is 13.7. The van der Waals surface area contributed by atoms with Gasteiger partial charge in [0.1, 0.15) is 0 Å². The third-order valence-electron chi connectivity index (χ3n) is 9.63. The maximum atomic E-state index is 11.7. The van der Waals surface area contributed by atoms with Crippen LogP contribution < -0.4 is 10.9 Å². The van der Waals surface area contributed by atoms with Crippen LogP contribution in [0.1, 0.15) is 75.6 Å². The summed E-state index contributed by atoms with van der Waals surface area (Å²) in [4.78, 5) is 0. The lowest BCUT2D eigenvalue weighted by atomic mass is 9.54. The lowest BCUT2D eigenvalue weighted by Crippen LogP contribution is -2.43. The second-order valence-corrected chi connectivity index (χ2v) is 10.7. The van der Waals surface area contributed by atoms with E-state index in [4.69, 9.17) is 0 Å². The first kappa shape index (κ1) is 23.3. The van der Waals surface area contributed by atoms with Crippen molar-refractivity contribution in [3.63, 3.8) is 0 Å². The zero-order valence-corrected chi connectivity index (χ0v) is 21.9. The molecule has 0 bridgehead atoms. The summed E-state index contributed by atoms with van der Waals surface area (Å²) in [5.74, 6) is 0. The molecule has 2 heteroatoms. The molecule has 0 heterocycles. The van der Waals surface area contributed by atoms with Crippen LogP contribution in [0.15, 0.2) is 84.9 Å². The van der Waals surface area contributed by atoms with Crippen molar-refractivity contribution in [3.05, 3.63) is 107 Å². The molecule has 0 amide bonds. The van der Waals surface area contributed by atoms with E-state index in [1.807, 2.05) is 0 Å². The van der Waals surface area contributed by atoms with Gasteiger partial charge < -0.3 is 5.02 Å². The van der Waals surface area contributed by atoms with Crippen molar-refractivity contribution in [1.29, 1.82) is 0 Å². The van der Waals surface area contributed by atoms with Gasteiger partial charge in [0, 0.05) is 10.8 Å². The summed E-state index contributed by atoms with van der Waals surface area (Å²) in [5, 5.41) is 11.7. The SMILES string of the molecule is CCC1(CC)c2ccccc2-c2ccc(B(O)c3ccc4c(c3)C(CC)(CC)c3ccccc3-4)cc21. The molecule has 1 N–H and O–H groups in total. The van der Waals surface area contributed by atoms with Crippen LogP contribution in [0.5, 0.6) is 0 Å². The lowest BCUT2D eigenvalue weighted by molar-refractivity contribution is 0.490. The molecule has 0 unspecified atom stereocenters. The van der Waals surface area contributed by atoms with E-state index in [1.165, 1.54) is 44.5 Å². The zero-order valence-electron chi connectivity index (χ0n) is 21.9. The highest BCUT2D eigenvalue weighted by Gasteiger charge is 2.42. The number of rotatable bonds is 6. The number of hydrogen-bond donors (Lipinski definition) is 1. The summed E-state index contributed by atoms with van der Waals surface area (Å²) in [6.45, 7) is 8.54. The van der Waals surface area contributed by atoms with Crippen molar-refractivity contribution in [1.82, 2.24) is 0 Å². The molecule has 0 aliphatic heterocycles. The molecular formula is C34H35BO. The predicted molar refractivity (Wildman–Crippen MR) is 154 cm³/mol. The summed E-state index contributed by atoms with van der Waals surface area (Å²) >= 11 is 0. The Morgan fingerprint density at radius 1 is 0.500 bits per heavy atom. The van der Waals surface area contributed by atoms with Crippen molar-refractivity contribution < 1.29 is 5.02 Å². The van der Waals surface area contributed by atoms with E-state index in [1.54, 1.807) is 0 Å². The first-order chi connectivity index (χ1) is 17.5. The minimum absolute atomic E-state index is 0.0147. The maximum absolute atomic E-state index is 11.7. The van der Waals surface area contributed by atoms with Crippen molar-refractivity contribution in [2.45, 2.75) is 64.2 Å². The van der Waals surface area contributed by atoms with Crippen LogP contribution in [-0.4, -0.2) is 11.9 Å². The Morgan fingerprint density at radius 2 is 0.861 bits per heavy atom. The molecule has 0 aromatic heterocycles. The van der Waals surface area contributed by atoms with E-state index in [0.717, 1.165) is 36.6 Å². The largest absolute Gasteiger partial charge is 0.443 e. The summed E-state index contributed by atoms with van der Waals surface area (Å²) in [5.41, 5.74) is 13.0. The average molecular weight is 470 g/mol. The van der Waals surface area contributed by atoms with E-state index in [9.17, 15) is 5.02 Å². The van der Waals surface area contributed by atoms with E-state index >= 15 is 0 Å². The van der Waals surface area contributed by atoms with Gasteiger partial charge in [-0.3, -0.25) is 0 Å². The predicted octanol–water partition coefficient (Wildman–Crippen LogP) is 6.96. The van der Waals surface area contributed by atoms with Gasteiger partial charge in [-0.15, -0.1) is 0 Å². The van der Waals surface area contributed by atoms with Gasteiger partial charge in [0.25, 0.3) is 0 Å². The molecular weight excluding hydrogens is 435 g/mol. The zero-order chi connectivity index (χ0) is 25.1. The van der Waals surface area contributed by atoms with Gasteiger partial charge in [0.15, 0.2) is 0 Å². The minimum atomic E-state index is -0.647. The van der Waals surface area contributed by atoms with Crippen LogP contribution in [0.2, 0.25) is 0 Å². The quantitative estimate of drug-likeness (QED) is 0.302. The molecule has 4 aromatic carbocycles. The molecule has 4 aromatic rings. The van der Waals surface area contributed by atoms with Crippen LogP contribution in [0.25, 0.3) is 22.3 Å². The molecule has 36 heavy (non-hydrogen) atoms. The normalized spacial score (nSPS) is 15.7. The molecule has 1 nitrogen and oxygen atoms in total. The summed E-state index contributed by atoms with van der Waals surface area (Å²) < 4.78 is 0. The highest BCUT2D eigenvalue weighted by Crippen LogP contribution is 2.53. The fourth-order valence-corrected chi connectivity index (χ4v) is 7.50. The van der Waals surface area contributed by atoms with Crippen LogP contribution in [0.3, 0.4) is 0 Å². The Kier molecular flexibility index (Phi) is 5.50. The van der Waals surface area contributed by atoms with Crippen molar-refractivity contribution in [3.8, 4) is 22.3 Å². The fourth-order valence-electron chi connectivity index (χ4n) is 7.50. The highest BCUT2D eigenvalue weighted by molar-refractivity contribution is 6.79. The molecule has 180 valence electrons. The Morgan fingerprint density at radius 3 is 1.25 bits per heavy atom. The summed E-state index contributed by atoms with van der Waals surface area (Å²) in [7, 11) is 0. The van der Waals surface area contributed by atoms with E-state index in [-0.39, 0.29) is 10.8 Å². The number of benzene rings is 4. The third kappa shape index (κ3) is 2.94. The van der Waals surface area contributed by atoms with Gasteiger partial charge in [0.05, 0.1) is 0 Å². The second-order valence-electron chi connectivity index (χ2n) is 10.7. The van der Waals surface area contributed by atoms with Crippen molar-refractivity contribution in [2.24, 2.45) is 0 Å². The molecule has 0 atom stereocenters. The maximum Gasteiger partial charge on any atom is 0.358 e. The van der Waals surface area contributed by atoms with Crippen LogP contribution in [0.4, 0.5) is 0 Å². The minimum Gasteiger partial charge on any atom is -0.443 e. The molecule has 0 fully saturated rings. The highest BCUT2D eigenvalue weighted by atomic mass is 16.2. The summed E-state index contributed by atoms with van der Waals surface area (Å²) in [6, 6.07) is 31.1. The standard InChI is InChI=1S/C34H35BO/c1-5-33(6-2)29-15-11-9-13-25(29)27-19-17-23(21-31(27)33)35(36)24-18-20-28-26-14-10-12-16-30(26)34(7-3,8-4)32(28)22-24/h9-22,36H,5-8H2,1-4H3. The Bertz CT molecular complexity index is 1350. The first-order valence-corrected chi connectivity index (χ1v) is 13.7. The molecule has 0 spiro atoms. The molecule has 0 saturated heterocycles. The van der Waals surface area contributed by atoms with Gasteiger partial charge in [-0.05, 0) is 81.1 Å². The van der Waals surface area contributed by atoms with E-state index < -0.39 is 6.92 Å². The van der Waals surface area contributed by atoms with Gasteiger partial charge in [-0.1, -0.05) is 113 Å². The molecule has 0 radical (unpaired) electrons. The number of hydrogen-bond acceptors (Lipinski definition) is 1. The van der Waals surface area contributed by atoms with E-state index in [0.29, 0.717) is 0 Å². The van der Waals surface area contributed by atoms with Gasteiger partial charge >= 0.3 is 6.92 Å². The fraction of sp³-hybridized carbons (Fsp3) is 0.294. The molecule has 2 aliphatic carbocycles. The topological polar surface area (TPSA) is 20.2 Å². The van der Waals surface area contributed by atoms with Crippen molar-refractivity contribution >= 4 is 17.8 Å². The third-order valence-corrected chi connectivity index (χ3v) is 9.63. The van der Waals surface area contributed by atoms with Crippen LogP contribution in [0, 0.1) is 0 Å². The molecule has 0 saturated carbocycles. The Balaban J connectivity index is 1.46. The van der Waals surface area contributed by atoms with Crippen LogP contribution >= 0.6 is 0 Å². The van der Waals surface area contributed by atoms with Gasteiger partial charge in [0.2, 0.25) is 0 Å². The average Bonchev–Trinajstić information content (AvgIpc) is 3.39. The van der Waals surface area contributed by atoms with Gasteiger partial charge in [-0.2, -0.15) is 0 Å². The molecule has 2 aliphatic rings. The van der Waals surface area contributed by atoms with Crippen LogP contribution in [-0.2, 0) is 10.8 Å². The summed E-state index contributed by atoms with van der Waals surface area (Å²) in [6.07, 6.45) is 4.22. The molecule has 6 rings (SSSR count). The van der Waals surface area contributed by atoms with E-state index in [2.05, 4.69) is 113 Å². The Hall–Kier alpha value is -3.10.